The molecular formula is C12H8ClN3O3. The van der Waals surface area contributed by atoms with Crippen LogP contribution in [0.1, 0.15) is 22.1 Å². The lowest BCUT2D eigenvalue weighted by molar-refractivity contribution is -0.114. The summed E-state index contributed by atoms with van der Waals surface area (Å²) in [6.07, 6.45) is 0. The second kappa shape index (κ2) is 4.17. The van der Waals surface area contributed by atoms with E-state index in [1.807, 2.05) is 0 Å². The lowest BCUT2D eigenvalue weighted by Gasteiger charge is -2.13. The van der Waals surface area contributed by atoms with E-state index in [2.05, 4.69) is 10.1 Å². The normalized spacial score (nSPS) is 14.1. The quantitative estimate of drug-likeness (QED) is 0.782. The SMILES string of the molecule is Cc1noc(CN2C(=O)C(=O)c3cc(Cl)ccc32)n1. The standard InChI is InChI=1S/C12H8ClN3O3/c1-6-14-10(19-15-6)5-16-9-3-2-7(13)4-8(9)11(17)12(16)18/h2-4H,5H2,1H3. The molecule has 0 fully saturated rings. The van der Waals surface area contributed by atoms with E-state index in [0.717, 1.165) is 0 Å². The zero-order chi connectivity index (χ0) is 13.6. The number of Topliss-reactive ketones (excluding diaryl/α,β-unsaturated/α-hetero) is 1. The summed E-state index contributed by atoms with van der Waals surface area (Å²) in [5.41, 5.74) is 0.809. The maximum atomic E-state index is 11.9. The molecule has 7 heteroatoms. The Morgan fingerprint density at radius 1 is 1.37 bits per heavy atom. The van der Waals surface area contributed by atoms with Crippen molar-refractivity contribution in [3.63, 3.8) is 0 Å². The Hall–Kier alpha value is -2.21. The summed E-state index contributed by atoms with van der Waals surface area (Å²) in [5.74, 6) is -0.437. The number of amides is 1. The Morgan fingerprint density at radius 3 is 2.84 bits per heavy atom. The number of hydrogen-bond donors (Lipinski definition) is 0. The van der Waals surface area contributed by atoms with Crippen LogP contribution in [0.3, 0.4) is 0 Å². The number of nitrogens with zero attached hydrogens (tertiary/aromatic N) is 3. The maximum absolute atomic E-state index is 11.9. The first-order valence-corrected chi connectivity index (χ1v) is 5.89. The van der Waals surface area contributed by atoms with Crippen molar-refractivity contribution in [3.05, 3.63) is 40.5 Å². The summed E-state index contributed by atoms with van der Waals surface area (Å²) >= 11 is 5.82. The van der Waals surface area contributed by atoms with Gasteiger partial charge in [-0.05, 0) is 25.1 Å². The Labute approximate surface area is 113 Å². The smallest absolute Gasteiger partial charge is 0.299 e. The lowest BCUT2D eigenvalue weighted by atomic mass is 10.1. The summed E-state index contributed by atoms with van der Waals surface area (Å²) in [5, 5.41) is 4.06. The first-order valence-electron chi connectivity index (χ1n) is 5.51. The van der Waals surface area contributed by atoms with Crippen molar-refractivity contribution in [2.24, 2.45) is 0 Å². The van der Waals surface area contributed by atoms with Gasteiger partial charge in [-0.3, -0.25) is 14.5 Å². The van der Waals surface area contributed by atoms with Gasteiger partial charge in [-0.2, -0.15) is 4.98 Å². The van der Waals surface area contributed by atoms with Gasteiger partial charge in [0.15, 0.2) is 5.82 Å². The predicted molar refractivity (Wildman–Crippen MR) is 66.0 cm³/mol. The molecule has 6 nitrogen and oxygen atoms in total. The second-order valence-corrected chi connectivity index (χ2v) is 4.55. The molecule has 1 aromatic carbocycles. The van der Waals surface area contributed by atoms with Crippen LogP contribution in [-0.2, 0) is 11.3 Å². The van der Waals surface area contributed by atoms with Crippen molar-refractivity contribution in [1.29, 1.82) is 0 Å². The van der Waals surface area contributed by atoms with Gasteiger partial charge in [0.2, 0.25) is 5.89 Å². The van der Waals surface area contributed by atoms with Crippen molar-refractivity contribution in [2.45, 2.75) is 13.5 Å². The van der Waals surface area contributed by atoms with Crippen molar-refractivity contribution in [2.75, 3.05) is 4.90 Å². The third-order valence-corrected chi connectivity index (χ3v) is 3.03. The van der Waals surface area contributed by atoms with Gasteiger partial charge >= 0.3 is 0 Å². The van der Waals surface area contributed by atoms with Gasteiger partial charge in [0.25, 0.3) is 11.7 Å². The number of carbonyl (C=O) groups is 2. The molecule has 2 aromatic rings. The Kier molecular flexibility index (Phi) is 2.60. The molecule has 0 saturated carbocycles. The zero-order valence-electron chi connectivity index (χ0n) is 9.88. The number of carbonyl (C=O) groups excluding carboxylic acids is 2. The molecule has 1 aromatic heterocycles. The molecule has 1 aliphatic heterocycles. The fourth-order valence-corrected chi connectivity index (χ4v) is 2.14. The van der Waals surface area contributed by atoms with Crippen LogP contribution >= 0.6 is 11.6 Å². The minimum absolute atomic E-state index is 0.0695. The fourth-order valence-electron chi connectivity index (χ4n) is 1.97. The van der Waals surface area contributed by atoms with Crippen molar-refractivity contribution in [1.82, 2.24) is 10.1 Å². The van der Waals surface area contributed by atoms with E-state index in [1.165, 1.54) is 11.0 Å². The van der Waals surface area contributed by atoms with Crippen molar-refractivity contribution >= 4 is 29.0 Å². The molecule has 0 spiro atoms. The topological polar surface area (TPSA) is 76.3 Å². The molecule has 2 heterocycles. The number of hydrogen-bond acceptors (Lipinski definition) is 5. The van der Waals surface area contributed by atoms with Gasteiger partial charge in [0.1, 0.15) is 6.54 Å². The summed E-state index contributed by atoms with van der Waals surface area (Å²) in [6.45, 7) is 1.75. The molecule has 0 saturated heterocycles. The molecule has 19 heavy (non-hydrogen) atoms. The first kappa shape index (κ1) is 11.9. The number of aromatic nitrogens is 2. The van der Waals surface area contributed by atoms with Crippen LogP contribution in [0.15, 0.2) is 22.7 Å². The first-order chi connectivity index (χ1) is 9.06. The van der Waals surface area contributed by atoms with Gasteiger partial charge in [0.05, 0.1) is 11.3 Å². The minimum atomic E-state index is -0.617. The highest BCUT2D eigenvalue weighted by atomic mass is 35.5. The molecule has 0 radical (unpaired) electrons. The average molecular weight is 278 g/mol. The molecule has 0 aliphatic carbocycles. The molecule has 1 aliphatic rings. The molecule has 0 atom stereocenters. The van der Waals surface area contributed by atoms with E-state index < -0.39 is 11.7 Å². The Balaban J connectivity index is 1.99. The number of halogens is 1. The van der Waals surface area contributed by atoms with E-state index in [-0.39, 0.29) is 12.4 Å². The number of ketones is 1. The lowest BCUT2D eigenvalue weighted by Crippen LogP contribution is -2.29. The molecule has 96 valence electrons. The fraction of sp³-hybridized carbons (Fsp3) is 0.167. The maximum Gasteiger partial charge on any atom is 0.299 e. The number of benzene rings is 1. The van der Waals surface area contributed by atoms with Crippen LogP contribution in [0.5, 0.6) is 0 Å². The van der Waals surface area contributed by atoms with Crippen molar-refractivity contribution < 1.29 is 14.1 Å². The van der Waals surface area contributed by atoms with Crippen LogP contribution in [0, 0.1) is 6.92 Å². The molecule has 0 bridgehead atoms. The third kappa shape index (κ3) is 1.90. The van der Waals surface area contributed by atoms with Gasteiger partial charge in [-0.15, -0.1) is 0 Å². The number of rotatable bonds is 2. The number of anilines is 1. The average Bonchev–Trinajstić information content (AvgIpc) is 2.88. The summed E-state index contributed by atoms with van der Waals surface area (Å²) < 4.78 is 4.96. The summed E-state index contributed by atoms with van der Waals surface area (Å²) in [7, 11) is 0. The van der Waals surface area contributed by atoms with E-state index in [0.29, 0.717) is 22.1 Å². The van der Waals surface area contributed by atoms with Gasteiger partial charge < -0.3 is 4.52 Å². The van der Waals surface area contributed by atoms with Crippen LogP contribution in [0.4, 0.5) is 5.69 Å². The second-order valence-electron chi connectivity index (χ2n) is 4.12. The Bertz CT molecular complexity index is 695. The number of fused-ring (bicyclic) bond motifs is 1. The van der Waals surface area contributed by atoms with E-state index in [4.69, 9.17) is 16.1 Å². The predicted octanol–water partition coefficient (Wildman–Crippen LogP) is 1.76. The van der Waals surface area contributed by atoms with E-state index in [9.17, 15) is 9.59 Å². The van der Waals surface area contributed by atoms with Crippen LogP contribution in [-0.4, -0.2) is 21.8 Å². The molecular weight excluding hydrogens is 270 g/mol. The van der Waals surface area contributed by atoms with E-state index >= 15 is 0 Å². The zero-order valence-corrected chi connectivity index (χ0v) is 10.6. The highest BCUT2D eigenvalue weighted by Crippen LogP contribution is 2.32. The molecule has 1 amide bonds. The molecule has 3 rings (SSSR count). The third-order valence-electron chi connectivity index (χ3n) is 2.80. The number of aryl methyl sites for hydroxylation is 1. The van der Waals surface area contributed by atoms with Crippen LogP contribution < -0.4 is 4.90 Å². The largest absolute Gasteiger partial charge is 0.337 e. The van der Waals surface area contributed by atoms with Crippen LogP contribution in [0.25, 0.3) is 0 Å². The summed E-state index contributed by atoms with van der Waals surface area (Å²) in [6, 6.07) is 4.73. The van der Waals surface area contributed by atoms with Crippen molar-refractivity contribution in [3.8, 4) is 0 Å². The highest BCUT2D eigenvalue weighted by molar-refractivity contribution is 6.52. The molecule has 0 unspecified atom stereocenters. The minimum Gasteiger partial charge on any atom is -0.337 e. The van der Waals surface area contributed by atoms with Gasteiger partial charge in [-0.1, -0.05) is 16.8 Å². The summed E-state index contributed by atoms with van der Waals surface area (Å²) in [4.78, 5) is 29.1. The van der Waals surface area contributed by atoms with E-state index in [1.54, 1.807) is 19.1 Å². The van der Waals surface area contributed by atoms with Crippen LogP contribution in [0.2, 0.25) is 5.02 Å². The van der Waals surface area contributed by atoms with Gasteiger partial charge in [0, 0.05) is 5.02 Å². The molecule has 0 N–H and O–H groups in total. The monoisotopic (exact) mass is 277 g/mol. The highest BCUT2D eigenvalue weighted by Gasteiger charge is 2.36. The Morgan fingerprint density at radius 2 is 2.16 bits per heavy atom. The van der Waals surface area contributed by atoms with Gasteiger partial charge in [-0.25, -0.2) is 0 Å².